The van der Waals surface area contributed by atoms with Crippen LogP contribution < -0.4 is 4.72 Å². The molecular formula is C8H13NO2S2. The average Bonchev–Trinajstić information content (AvgIpc) is 2.52. The quantitative estimate of drug-likeness (QED) is 0.817. The van der Waals surface area contributed by atoms with Crippen molar-refractivity contribution in [2.45, 2.75) is 19.9 Å². The maximum atomic E-state index is 11.2. The first-order valence-corrected chi connectivity index (χ1v) is 6.72. The van der Waals surface area contributed by atoms with Gasteiger partial charge in [-0.15, -0.1) is 0 Å². The first-order chi connectivity index (χ1) is 6.14. The van der Waals surface area contributed by atoms with Crippen LogP contribution in [-0.2, 0) is 16.6 Å². The van der Waals surface area contributed by atoms with E-state index in [9.17, 15) is 8.42 Å². The predicted molar refractivity (Wildman–Crippen MR) is 55.2 cm³/mol. The fourth-order valence-corrected chi connectivity index (χ4v) is 2.66. The highest BCUT2D eigenvalue weighted by Gasteiger charge is 2.07. The molecule has 0 bridgehead atoms. The second-order valence-corrected chi connectivity index (χ2v) is 5.48. The molecule has 0 radical (unpaired) electrons. The minimum Gasteiger partial charge on any atom is -0.212 e. The molecule has 0 aliphatic heterocycles. The van der Waals surface area contributed by atoms with E-state index in [-0.39, 0.29) is 5.75 Å². The number of rotatable bonds is 5. The van der Waals surface area contributed by atoms with Crippen LogP contribution in [0.4, 0.5) is 0 Å². The van der Waals surface area contributed by atoms with Gasteiger partial charge in [-0.05, 0) is 28.8 Å². The third kappa shape index (κ3) is 3.89. The van der Waals surface area contributed by atoms with E-state index in [1.807, 2.05) is 23.8 Å². The number of hydrogen-bond acceptors (Lipinski definition) is 3. The second-order valence-electron chi connectivity index (χ2n) is 2.77. The molecule has 1 rings (SSSR count). The number of thiophene rings is 1. The minimum atomic E-state index is -3.05. The van der Waals surface area contributed by atoms with Gasteiger partial charge in [0.25, 0.3) is 0 Å². The molecule has 0 unspecified atom stereocenters. The summed E-state index contributed by atoms with van der Waals surface area (Å²) >= 11 is 1.57. The molecule has 0 aromatic carbocycles. The van der Waals surface area contributed by atoms with E-state index in [4.69, 9.17) is 0 Å². The van der Waals surface area contributed by atoms with Crippen molar-refractivity contribution in [2.24, 2.45) is 0 Å². The lowest BCUT2D eigenvalue weighted by Crippen LogP contribution is -2.25. The molecule has 0 aliphatic carbocycles. The zero-order chi connectivity index (χ0) is 9.73. The van der Waals surface area contributed by atoms with Crippen LogP contribution in [0.25, 0.3) is 0 Å². The molecule has 13 heavy (non-hydrogen) atoms. The molecule has 0 saturated carbocycles. The summed E-state index contributed by atoms with van der Waals surface area (Å²) in [4.78, 5) is 0. The summed E-state index contributed by atoms with van der Waals surface area (Å²) in [7, 11) is -3.05. The smallest absolute Gasteiger partial charge is 0.211 e. The Bertz CT molecular complexity index is 329. The van der Waals surface area contributed by atoms with Gasteiger partial charge in [0.2, 0.25) is 10.0 Å². The number of sulfonamides is 1. The van der Waals surface area contributed by atoms with Crippen molar-refractivity contribution in [3.63, 3.8) is 0 Å². The van der Waals surface area contributed by atoms with Gasteiger partial charge in [0.1, 0.15) is 0 Å². The minimum absolute atomic E-state index is 0.205. The van der Waals surface area contributed by atoms with Gasteiger partial charge in [-0.1, -0.05) is 6.92 Å². The molecule has 1 aromatic rings. The fourth-order valence-electron chi connectivity index (χ4n) is 0.927. The Kier molecular flexibility index (Phi) is 3.90. The average molecular weight is 219 g/mol. The molecule has 0 fully saturated rings. The highest BCUT2D eigenvalue weighted by atomic mass is 32.2. The third-order valence-corrected chi connectivity index (χ3v) is 3.81. The molecule has 74 valence electrons. The monoisotopic (exact) mass is 219 g/mol. The van der Waals surface area contributed by atoms with E-state index < -0.39 is 10.0 Å². The topological polar surface area (TPSA) is 46.2 Å². The van der Waals surface area contributed by atoms with E-state index in [1.54, 1.807) is 11.3 Å². The molecule has 1 heterocycles. The lowest BCUT2D eigenvalue weighted by atomic mass is 10.4. The normalized spacial score (nSPS) is 11.8. The van der Waals surface area contributed by atoms with Crippen molar-refractivity contribution < 1.29 is 8.42 Å². The Labute approximate surface area is 82.8 Å². The Hall–Kier alpha value is -0.390. The first kappa shape index (κ1) is 10.7. The van der Waals surface area contributed by atoms with Crippen LogP contribution in [0, 0.1) is 0 Å². The summed E-state index contributed by atoms with van der Waals surface area (Å²) < 4.78 is 25.0. The number of nitrogens with one attached hydrogen (secondary N) is 1. The Morgan fingerprint density at radius 3 is 2.85 bits per heavy atom. The maximum absolute atomic E-state index is 11.2. The summed E-state index contributed by atoms with van der Waals surface area (Å²) in [6.45, 7) is 2.26. The Morgan fingerprint density at radius 2 is 2.31 bits per heavy atom. The van der Waals surface area contributed by atoms with E-state index in [1.165, 1.54) is 0 Å². The molecule has 0 saturated heterocycles. The van der Waals surface area contributed by atoms with Gasteiger partial charge in [0, 0.05) is 6.54 Å². The van der Waals surface area contributed by atoms with E-state index in [2.05, 4.69) is 4.72 Å². The highest BCUT2D eigenvalue weighted by molar-refractivity contribution is 7.89. The van der Waals surface area contributed by atoms with E-state index in [0.717, 1.165) is 5.56 Å². The summed E-state index contributed by atoms with van der Waals surface area (Å²) in [5.41, 5.74) is 1.02. The van der Waals surface area contributed by atoms with Crippen LogP contribution in [0.5, 0.6) is 0 Å². The third-order valence-electron chi connectivity index (χ3n) is 1.55. The van der Waals surface area contributed by atoms with Crippen molar-refractivity contribution in [3.8, 4) is 0 Å². The van der Waals surface area contributed by atoms with E-state index in [0.29, 0.717) is 13.0 Å². The van der Waals surface area contributed by atoms with Gasteiger partial charge in [0.15, 0.2) is 0 Å². The SMILES string of the molecule is CCCS(=O)(=O)NCc1ccsc1. The van der Waals surface area contributed by atoms with Crippen molar-refractivity contribution in [1.29, 1.82) is 0 Å². The summed E-state index contributed by atoms with van der Waals surface area (Å²) in [6.07, 6.45) is 0.652. The second kappa shape index (κ2) is 4.74. The van der Waals surface area contributed by atoms with Crippen molar-refractivity contribution in [2.75, 3.05) is 5.75 Å². The van der Waals surface area contributed by atoms with Crippen LogP contribution in [-0.4, -0.2) is 14.2 Å². The van der Waals surface area contributed by atoms with Crippen LogP contribution in [0.3, 0.4) is 0 Å². The largest absolute Gasteiger partial charge is 0.212 e. The summed E-state index contributed by atoms with van der Waals surface area (Å²) in [6, 6.07) is 1.92. The number of hydrogen-bond donors (Lipinski definition) is 1. The molecule has 5 heteroatoms. The zero-order valence-corrected chi connectivity index (χ0v) is 9.12. The molecule has 0 atom stereocenters. The van der Waals surface area contributed by atoms with Gasteiger partial charge < -0.3 is 0 Å². The molecule has 3 nitrogen and oxygen atoms in total. The predicted octanol–water partition coefficient (Wildman–Crippen LogP) is 1.58. The molecule has 1 aromatic heterocycles. The zero-order valence-electron chi connectivity index (χ0n) is 7.49. The highest BCUT2D eigenvalue weighted by Crippen LogP contribution is 2.05. The molecular weight excluding hydrogens is 206 g/mol. The van der Waals surface area contributed by atoms with Crippen LogP contribution in [0.1, 0.15) is 18.9 Å². The Balaban J connectivity index is 2.43. The fraction of sp³-hybridized carbons (Fsp3) is 0.500. The van der Waals surface area contributed by atoms with Crippen molar-refractivity contribution in [1.82, 2.24) is 4.72 Å². The lowest BCUT2D eigenvalue weighted by molar-refractivity contribution is 0.580. The van der Waals surface area contributed by atoms with Gasteiger partial charge >= 0.3 is 0 Å². The summed E-state index contributed by atoms with van der Waals surface area (Å²) in [5.74, 6) is 0.205. The van der Waals surface area contributed by atoms with Gasteiger partial charge in [-0.25, -0.2) is 13.1 Å². The molecule has 0 spiro atoms. The maximum Gasteiger partial charge on any atom is 0.211 e. The summed E-state index contributed by atoms with van der Waals surface area (Å²) in [5, 5.41) is 3.87. The molecule has 0 aliphatic rings. The van der Waals surface area contributed by atoms with Crippen molar-refractivity contribution >= 4 is 21.4 Å². The van der Waals surface area contributed by atoms with Crippen molar-refractivity contribution in [3.05, 3.63) is 22.4 Å². The van der Waals surface area contributed by atoms with Crippen LogP contribution in [0.2, 0.25) is 0 Å². The van der Waals surface area contributed by atoms with Crippen LogP contribution >= 0.6 is 11.3 Å². The first-order valence-electron chi connectivity index (χ1n) is 4.12. The van der Waals surface area contributed by atoms with Gasteiger partial charge in [-0.2, -0.15) is 11.3 Å². The molecule has 0 amide bonds. The van der Waals surface area contributed by atoms with Gasteiger partial charge in [0.05, 0.1) is 5.75 Å². The lowest BCUT2D eigenvalue weighted by Gasteiger charge is -2.03. The van der Waals surface area contributed by atoms with E-state index >= 15 is 0 Å². The molecule has 1 N–H and O–H groups in total. The van der Waals surface area contributed by atoms with Gasteiger partial charge in [-0.3, -0.25) is 0 Å². The Morgan fingerprint density at radius 1 is 1.54 bits per heavy atom. The standard InChI is InChI=1S/C8H13NO2S2/c1-2-5-13(10,11)9-6-8-3-4-12-7-8/h3-4,7,9H,2,5-6H2,1H3. The van der Waals surface area contributed by atoms with Crippen LogP contribution in [0.15, 0.2) is 16.8 Å².